The fourth-order valence-corrected chi connectivity index (χ4v) is 5.25. The molecule has 0 saturated carbocycles. The maximum atomic E-state index is 11.5. The number of esters is 1. The van der Waals surface area contributed by atoms with E-state index in [1.807, 2.05) is 30.3 Å². The first-order valence-electron chi connectivity index (χ1n) is 8.42. The lowest BCUT2D eigenvalue weighted by molar-refractivity contribution is -0.131. The van der Waals surface area contributed by atoms with Crippen LogP contribution < -0.4 is 10.0 Å². The van der Waals surface area contributed by atoms with E-state index >= 15 is 0 Å². The van der Waals surface area contributed by atoms with Crippen LogP contribution in [0, 0.1) is 0 Å². The summed E-state index contributed by atoms with van der Waals surface area (Å²) in [5.74, 6) is 0.301. The Morgan fingerprint density at radius 1 is 0.840 bits per heavy atom. The van der Waals surface area contributed by atoms with E-state index in [-0.39, 0.29) is 5.97 Å². The predicted octanol–water partition coefficient (Wildman–Crippen LogP) is 6.23. The van der Waals surface area contributed by atoms with Gasteiger partial charge in [-0.25, -0.2) is 0 Å². The average molecular weight is 352 g/mol. The molecule has 0 unspecified atom stereocenters. The third-order valence-electron chi connectivity index (χ3n) is 4.12. The molecule has 0 atom stereocenters. The minimum absolute atomic E-state index is 0.304. The Morgan fingerprint density at radius 2 is 1.36 bits per heavy atom. The van der Waals surface area contributed by atoms with Gasteiger partial charge in [-0.05, 0) is 63.2 Å². The minimum Gasteiger partial charge on any atom is -0.426 e. The maximum Gasteiger partial charge on any atom is 0.308 e. The van der Waals surface area contributed by atoms with Gasteiger partial charge >= 0.3 is 5.97 Å². The Hall–Kier alpha value is -2.18. The van der Waals surface area contributed by atoms with Gasteiger partial charge in [-0.3, -0.25) is 4.79 Å². The van der Waals surface area contributed by atoms with Crippen LogP contribution in [0.25, 0.3) is 11.1 Å². The number of para-hydroxylation sites is 1. The van der Waals surface area contributed by atoms with E-state index in [0.29, 0.717) is 5.75 Å². The number of carbonyl (C=O) groups excluding carboxylic acids is 1. The second-order valence-corrected chi connectivity index (χ2v) is 8.37. The largest absolute Gasteiger partial charge is 0.426 e. The van der Waals surface area contributed by atoms with Crippen molar-refractivity contribution in [2.24, 2.45) is 0 Å². The molecule has 0 amide bonds. The van der Waals surface area contributed by atoms with Crippen LogP contribution in [0.15, 0.2) is 71.3 Å². The van der Waals surface area contributed by atoms with Crippen molar-refractivity contribution in [2.75, 3.05) is 0 Å². The Labute approximate surface area is 152 Å². The highest BCUT2D eigenvalue weighted by Gasteiger charge is 2.20. The van der Waals surface area contributed by atoms with Crippen LogP contribution in [0.3, 0.4) is 0 Å². The number of benzene rings is 2. The van der Waals surface area contributed by atoms with Crippen LogP contribution in [0.5, 0.6) is 5.75 Å². The molecule has 25 heavy (non-hydrogen) atoms. The zero-order chi connectivity index (χ0) is 18.4. The lowest BCUT2D eigenvalue weighted by atomic mass is 10.0. The van der Waals surface area contributed by atoms with Crippen molar-refractivity contribution in [3.63, 3.8) is 0 Å². The van der Waals surface area contributed by atoms with Crippen LogP contribution in [-0.4, -0.2) is 5.97 Å². The minimum atomic E-state index is -0.574. The zero-order valence-corrected chi connectivity index (χ0v) is 16.4. The first-order valence-corrected chi connectivity index (χ1v) is 9.76. The fourth-order valence-electron chi connectivity index (χ4n) is 2.75. The third-order valence-corrected chi connectivity index (χ3v) is 6.92. The number of hydrogen-bond acceptors (Lipinski definition) is 2. The van der Waals surface area contributed by atoms with Crippen LogP contribution in [-0.2, 0) is 4.79 Å². The molecule has 0 bridgehead atoms. The zero-order valence-electron chi connectivity index (χ0n) is 15.5. The summed E-state index contributed by atoms with van der Waals surface area (Å²) in [6.07, 6.45) is 4.38. The molecule has 0 aliphatic rings. The molecule has 0 radical (unpaired) electrons. The molecular formula is C22H25O2P. The summed E-state index contributed by atoms with van der Waals surface area (Å²) in [4.78, 5) is 11.5. The monoisotopic (exact) mass is 352 g/mol. The van der Waals surface area contributed by atoms with Crippen molar-refractivity contribution in [2.45, 2.75) is 34.6 Å². The van der Waals surface area contributed by atoms with Gasteiger partial charge in [-0.1, -0.05) is 54.6 Å². The molecule has 0 aromatic heterocycles. The topological polar surface area (TPSA) is 26.3 Å². The van der Waals surface area contributed by atoms with Gasteiger partial charge in [0.1, 0.15) is 5.75 Å². The maximum absolute atomic E-state index is 11.5. The summed E-state index contributed by atoms with van der Waals surface area (Å²) in [5, 5.41) is 4.01. The van der Waals surface area contributed by atoms with E-state index in [0.717, 1.165) is 11.1 Å². The first kappa shape index (κ1) is 19.1. The molecule has 0 N–H and O–H groups in total. The standard InChI is InChI=1S/C22H25O2P/c1-6-16(3)25(17(4)7-2)22-15-11-9-13-20(22)19-12-8-10-14-21(19)24-18(5)23/h6-15H,1-5H3. The van der Waals surface area contributed by atoms with E-state index < -0.39 is 7.92 Å². The van der Waals surface area contributed by atoms with Gasteiger partial charge in [0.25, 0.3) is 0 Å². The smallest absolute Gasteiger partial charge is 0.308 e. The highest BCUT2D eigenvalue weighted by molar-refractivity contribution is 7.73. The lowest BCUT2D eigenvalue weighted by Gasteiger charge is -2.23. The van der Waals surface area contributed by atoms with Crippen molar-refractivity contribution in [3.8, 4) is 16.9 Å². The normalized spacial score (nSPS) is 13.5. The SMILES string of the molecule is CC=C(C)P(C(C)=CC)c1ccccc1-c1ccccc1OC(C)=O. The molecule has 0 aliphatic heterocycles. The van der Waals surface area contributed by atoms with Crippen LogP contribution in [0.4, 0.5) is 0 Å². The second kappa shape index (κ2) is 8.78. The summed E-state index contributed by atoms with van der Waals surface area (Å²) in [7, 11) is -0.574. The molecule has 3 heteroatoms. The molecule has 0 spiro atoms. The Kier molecular flexibility index (Phi) is 6.73. The van der Waals surface area contributed by atoms with Crippen molar-refractivity contribution in [1.82, 2.24) is 0 Å². The molecule has 0 aliphatic carbocycles. The Morgan fingerprint density at radius 3 is 1.92 bits per heavy atom. The van der Waals surface area contributed by atoms with Gasteiger partial charge in [-0.2, -0.15) is 0 Å². The Balaban J connectivity index is 2.69. The summed E-state index contributed by atoms with van der Waals surface area (Å²) in [5.41, 5.74) is 2.07. The summed E-state index contributed by atoms with van der Waals surface area (Å²) >= 11 is 0. The van der Waals surface area contributed by atoms with Gasteiger partial charge in [0.05, 0.1) is 0 Å². The predicted molar refractivity (Wildman–Crippen MR) is 109 cm³/mol. The summed E-state index contributed by atoms with van der Waals surface area (Å²) in [6, 6.07) is 16.1. The van der Waals surface area contributed by atoms with E-state index in [9.17, 15) is 4.79 Å². The number of hydrogen-bond donors (Lipinski definition) is 0. The van der Waals surface area contributed by atoms with Gasteiger partial charge < -0.3 is 4.74 Å². The van der Waals surface area contributed by atoms with Crippen LogP contribution in [0.1, 0.15) is 34.6 Å². The van der Waals surface area contributed by atoms with Crippen LogP contribution in [0.2, 0.25) is 0 Å². The second-order valence-electron chi connectivity index (χ2n) is 5.80. The van der Waals surface area contributed by atoms with Crippen molar-refractivity contribution < 1.29 is 9.53 Å². The molecule has 2 aromatic carbocycles. The molecule has 2 nitrogen and oxygen atoms in total. The van der Waals surface area contributed by atoms with E-state index in [1.165, 1.54) is 22.9 Å². The van der Waals surface area contributed by atoms with E-state index in [2.05, 4.69) is 58.0 Å². The van der Waals surface area contributed by atoms with Gasteiger partial charge in [0, 0.05) is 12.5 Å². The van der Waals surface area contributed by atoms with Crippen LogP contribution >= 0.6 is 7.92 Å². The number of carbonyl (C=O) groups is 1. The molecule has 0 heterocycles. The number of allylic oxidation sites excluding steroid dienone is 4. The quantitative estimate of drug-likeness (QED) is 0.362. The summed E-state index contributed by atoms with van der Waals surface area (Å²) < 4.78 is 5.45. The molecule has 2 aromatic rings. The lowest BCUT2D eigenvalue weighted by Crippen LogP contribution is -2.09. The van der Waals surface area contributed by atoms with Gasteiger partial charge in [0.2, 0.25) is 0 Å². The Bertz CT molecular complexity index is 800. The highest BCUT2D eigenvalue weighted by atomic mass is 31.1. The van der Waals surface area contributed by atoms with Crippen molar-refractivity contribution >= 4 is 19.2 Å². The van der Waals surface area contributed by atoms with Crippen molar-refractivity contribution in [3.05, 3.63) is 71.3 Å². The third kappa shape index (κ3) is 4.46. The fraction of sp³-hybridized carbons (Fsp3) is 0.227. The molecule has 2 rings (SSSR count). The number of rotatable bonds is 5. The molecule has 0 saturated heterocycles. The summed E-state index contributed by atoms with van der Waals surface area (Å²) in [6.45, 7) is 9.98. The number of ether oxygens (including phenoxy) is 1. The van der Waals surface area contributed by atoms with Gasteiger partial charge in [-0.15, -0.1) is 0 Å². The molecule has 130 valence electrons. The van der Waals surface area contributed by atoms with E-state index in [1.54, 1.807) is 0 Å². The molecule has 0 fully saturated rings. The first-order chi connectivity index (χ1) is 12.0. The average Bonchev–Trinajstić information content (AvgIpc) is 2.62. The highest BCUT2D eigenvalue weighted by Crippen LogP contribution is 2.53. The molecular weight excluding hydrogens is 327 g/mol. The van der Waals surface area contributed by atoms with Gasteiger partial charge in [0.15, 0.2) is 0 Å². The van der Waals surface area contributed by atoms with E-state index in [4.69, 9.17) is 4.74 Å². The van der Waals surface area contributed by atoms with Crippen molar-refractivity contribution in [1.29, 1.82) is 0 Å².